The van der Waals surface area contributed by atoms with Crippen LogP contribution in [0.15, 0.2) is 91.5 Å². The molecule has 4 rings (SSSR count). The topological polar surface area (TPSA) is 12.1 Å². The van der Waals surface area contributed by atoms with E-state index in [1.54, 1.807) is 0 Å². The number of aromatic nitrogens is 2. The van der Waals surface area contributed by atoms with Crippen molar-refractivity contribution in [1.82, 2.24) is 0 Å². The van der Waals surface area contributed by atoms with Crippen molar-refractivity contribution in [2.75, 3.05) is 0 Å². The number of nitrogens with zero attached hydrogens (tertiary/aromatic N) is 3. The maximum Gasteiger partial charge on any atom is 0.256 e. The van der Waals surface area contributed by atoms with E-state index in [9.17, 15) is 0 Å². The van der Waals surface area contributed by atoms with Gasteiger partial charge in [-0.2, -0.15) is 9.13 Å². The minimum absolute atomic E-state index is 0.457. The Hall–Kier alpha value is -3.77. The quantitative estimate of drug-likeness (QED) is 0.252. The highest BCUT2D eigenvalue weighted by atomic mass is 15.0. The zero-order valence-corrected chi connectivity index (χ0v) is 19.2. The third-order valence-corrected chi connectivity index (χ3v) is 5.87. The van der Waals surface area contributed by atoms with Gasteiger partial charge in [0.2, 0.25) is 11.4 Å². The van der Waals surface area contributed by atoms with Gasteiger partial charge in [0.15, 0.2) is 24.8 Å². The van der Waals surface area contributed by atoms with E-state index >= 15 is 0 Å². The number of rotatable bonds is 5. The van der Waals surface area contributed by atoms with Crippen LogP contribution in [0, 0.1) is 6.57 Å². The van der Waals surface area contributed by atoms with E-state index < -0.39 is 0 Å². The fourth-order valence-corrected chi connectivity index (χ4v) is 4.13. The lowest BCUT2D eigenvalue weighted by Crippen LogP contribution is -2.33. The molecule has 2 aromatic heterocycles. The second-order valence-electron chi connectivity index (χ2n) is 8.68. The van der Waals surface area contributed by atoms with Crippen LogP contribution >= 0.6 is 0 Å². The van der Waals surface area contributed by atoms with E-state index in [0.29, 0.717) is 17.5 Å². The van der Waals surface area contributed by atoms with Crippen LogP contribution in [0.1, 0.15) is 50.7 Å². The normalized spacial score (nSPS) is 11.0. The highest BCUT2D eigenvalue weighted by molar-refractivity contribution is 5.62. The first-order valence-corrected chi connectivity index (χ1v) is 11.1. The molecule has 0 aliphatic heterocycles. The standard InChI is InChI=1S/C29H29N3/c1-21(2)25-9-8-10-26(22(3)4)29(25)32-19-15-24(16-20-32)23-13-17-31(18-14-23)28-12-7-6-11-27(28)30-5/h6-22H,1-4H3/q+2. The fraction of sp³-hybridized carbons (Fsp3) is 0.207. The third-order valence-electron chi connectivity index (χ3n) is 5.87. The van der Waals surface area contributed by atoms with Crippen LogP contribution in [-0.4, -0.2) is 0 Å². The van der Waals surface area contributed by atoms with E-state index in [-0.39, 0.29) is 0 Å². The molecule has 2 aromatic carbocycles. The zero-order chi connectivity index (χ0) is 22.7. The van der Waals surface area contributed by atoms with E-state index in [4.69, 9.17) is 6.57 Å². The Morgan fingerprint density at radius 3 is 1.62 bits per heavy atom. The molecule has 0 unspecified atom stereocenters. The van der Waals surface area contributed by atoms with Gasteiger partial charge in [-0.15, -0.1) is 0 Å². The Labute approximate surface area is 191 Å². The lowest BCUT2D eigenvalue weighted by molar-refractivity contribution is -0.596. The molecule has 2 heterocycles. The van der Waals surface area contributed by atoms with Gasteiger partial charge in [0.25, 0.3) is 5.69 Å². The predicted molar refractivity (Wildman–Crippen MR) is 129 cm³/mol. The van der Waals surface area contributed by atoms with Gasteiger partial charge in [-0.3, -0.25) is 0 Å². The minimum Gasteiger partial charge on any atom is -0.231 e. The highest BCUT2D eigenvalue weighted by Gasteiger charge is 2.22. The Kier molecular flexibility index (Phi) is 6.14. The van der Waals surface area contributed by atoms with E-state index in [1.165, 1.54) is 22.4 Å². The summed E-state index contributed by atoms with van der Waals surface area (Å²) in [5, 5.41) is 0. The van der Waals surface area contributed by atoms with Crippen LogP contribution in [0.2, 0.25) is 0 Å². The van der Waals surface area contributed by atoms with Crippen molar-refractivity contribution in [3.8, 4) is 22.5 Å². The first-order chi connectivity index (χ1) is 15.5. The lowest BCUT2D eigenvalue weighted by atomic mass is 9.92. The second-order valence-corrected chi connectivity index (χ2v) is 8.68. The smallest absolute Gasteiger partial charge is 0.231 e. The second kappa shape index (κ2) is 9.16. The highest BCUT2D eigenvalue weighted by Crippen LogP contribution is 2.28. The molecule has 32 heavy (non-hydrogen) atoms. The SMILES string of the molecule is [C-]#[N+]c1ccccc1-[n+]1ccc(-c2cc[n+](-c3c(C(C)C)cccc3C(C)C)cc2)cc1. The number of hydrogen-bond donors (Lipinski definition) is 0. The summed E-state index contributed by atoms with van der Waals surface area (Å²) in [6, 6.07) is 22.9. The van der Waals surface area contributed by atoms with Gasteiger partial charge in [-0.25, -0.2) is 4.85 Å². The summed E-state index contributed by atoms with van der Waals surface area (Å²) in [5.41, 5.74) is 7.89. The molecule has 158 valence electrons. The van der Waals surface area contributed by atoms with Crippen LogP contribution in [0.25, 0.3) is 27.3 Å². The molecule has 0 saturated carbocycles. The first-order valence-electron chi connectivity index (χ1n) is 11.1. The van der Waals surface area contributed by atoms with E-state index in [2.05, 4.69) is 92.0 Å². The Morgan fingerprint density at radius 1 is 0.625 bits per heavy atom. The average molecular weight is 420 g/mol. The molecule has 0 N–H and O–H groups in total. The van der Waals surface area contributed by atoms with Gasteiger partial charge in [-0.05, 0) is 35.1 Å². The summed E-state index contributed by atoms with van der Waals surface area (Å²) in [4.78, 5) is 3.63. The third kappa shape index (κ3) is 4.18. The Balaban J connectivity index is 1.68. The minimum atomic E-state index is 0.457. The summed E-state index contributed by atoms with van der Waals surface area (Å²) >= 11 is 0. The number of hydrogen-bond acceptors (Lipinski definition) is 0. The molecule has 4 aromatic rings. The number of pyridine rings is 2. The Morgan fingerprint density at radius 2 is 1.12 bits per heavy atom. The van der Waals surface area contributed by atoms with Crippen molar-refractivity contribution < 1.29 is 9.13 Å². The largest absolute Gasteiger partial charge is 0.256 e. The molecular weight excluding hydrogens is 390 g/mol. The number of para-hydroxylation sites is 3. The van der Waals surface area contributed by atoms with Crippen molar-refractivity contribution in [3.05, 3.63) is 114 Å². The fourth-order valence-electron chi connectivity index (χ4n) is 4.13. The number of benzene rings is 2. The summed E-state index contributed by atoms with van der Waals surface area (Å²) in [5.74, 6) is 0.914. The summed E-state index contributed by atoms with van der Waals surface area (Å²) in [7, 11) is 0. The molecule has 0 aliphatic rings. The summed E-state index contributed by atoms with van der Waals surface area (Å²) in [6.45, 7) is 16.4. The van der Waals surface area contributed by atoms with Crippen molar-refractivity contribution in [2.24, 2.45) is 0 Å². The van der Waals surface area contributed by atoms with Crippen molar-refractivity contribution in [3.63, 3.8) is 0 Å². The van der Waals surface area contributed by atoms with Gasteiger partial charge in [0.05, 0.1) is 6.57 Å². The molecule has 0 atom stereocenters. The van der Waals surface area contributed by atoms with Crippen LogP contribution in [-0.2, 0) is 0 Å². The van der Waals surface area contributed by atoms with Crippen LogP contribution in [0.5, 0.6) is 0 Å². The van der Waals surface area contributed by atoms with Crippen molar-refractivity contribution >= 4 is 5.69 Å². The van der Waals surface area contributed by atoms with Crippen LogP contribution < -0.4 is 9.13 Å². The molecule has 0 spiro atoms. The average Bonchev–Trinajstić information content (AvgIpc) is 2.83. The van der Waals surface area contributed by atoms with Crippen LogP contribution in [0.3, 0.4) is 0 Å². The molecule has 0 radical (unpaired) electrons. The van der Waals surface area contributed by atoms with Crippen molar-refractivity contribution in [1.29, 1.82) is 0 Å². The predicted octanol–water partition coefficient (Wildman–Crippen LogP) is 6.70. The molecule has 0 bridgehead atoms. The first kappa shape index (κ1) is 21.5. The Bertz CT molecular complexity index is 1240. The molecule has 0 saturated heterocycles. The molecule has 3 heteroatoms. The molecule has 0 aliphatic carbocycles. The van der Waals surface area contributed by atoms with Gasteiger partial charge in [0, 0.05) is 35.4 Å². The van der Waals surface area contributed by atoms with Gasteiger partial charge in [0.1, 0.15) is 0 Å². The maximum absolute atomic E-state index is 7.39. The lowest BCUT2D eigenvalue weighted by Gasteiger charge is -2.14. The zero-order valence-electron chi connectivity index (χ0n) is 19.2. The summed E-state index contributed by atoms with van der Waals surface area (Å²) < 4.78 is 4.25. The van der Waals surface area contributed by atoms with E-state index in [1.807, 2.05) is 41.2 Å². The monoisotopic (exact) mass is 419 g/mol. The summed E-state index contributed by atoms with van der Waals surface area (Å²) in [6.07, 6.45) is 8.37. The molecule has 0 fully saturated rings. The van der Waals surface area contributed by atoms with Crippen molar-refractivity contribution in [2.45, 2.75) is 39.5 Å². The molecule has 0 amide bonds. The maximum atomic E-state index is 7.39. The van der Waals surface area contributed by atoms with Gasteiger partial charge >= 0.3 is 0 Å². The van der Waals surface area contributed by atoms with Gasteiger partial charge in [-0.1, -0.05) is 58.0 Å². The molecular formula is C29H29N3+2. The van der Waals surface area contributed by atoms with Gasteiger partial charge < -0.3 is 0 Å². The van der Waals surface area contributed by atoms with Crippen LogP contribution in [0.4, 0.5) is 5.69 Å². The van der Waals surface area contributed by atoms with E-state index in [0.717, 1.165) is 11.3 Å². The molecule has 3 nitrogen and oxygen atoms in total.